The third-order valence-corrected chi connectivity index (χ3v) is 5.02. The Labute approximate surface area is 101 Å². The van der Waals surface area contributed by atoms with E-state index < -0.39 is 0 Å². The zero-order valence-electron chi connectivity index (χ0n) is 9.59. The van der Waals surface area contributed by atoms with Gasteiger partial charge >= 0.3 is 0 Å². The van der Waals surface area contributed by atoms with E-state index in [9.17, 15) is 0 Å². The summed E-state index contributed by atoms with van der Waals surface area (Å²) in [7, 11) is 0. The molecule has 15 heavy (non-hydrogen) atoms. The van der Waals surface area contributed by atoms with Crippen LogP contribution in [0.2, 0.25) is 0 Å². The van der Waals surface area contributed by atoms with Crippen molar-refractivity contribution in [1.82, 2.24) is 0 Å². The molecule has 2 unspecified atom stereocenters. The first-order valence-electron chi connectivity index (χ1n) is 5.98. The largest absolute Gasteiger partial charge is 0.0836 e. The van der Waals surface area contributed by atoms with E-state index in [1.54, 1.807) is 11.1 Å². The van der Waals surface area contributed by atoms with Crippen molar-refractivity contribution in [3.05, 3.63) is 34.9 Å². The molecule has 82 valence electrons. The first-order chi connectivity index (χ1) is 7.22. The maximum absolute atomic E-state index is 3.82. The van der Waals surface area contributed by atoms with Crippen molar-refractivity contribution in [2.24, 2.45) is 5.92 Å². The van der Waals surface area contributed by atoms with Crippen molar-refractivity contribution in [2.45, 2.75) is 44.4 Å². The number of rotatable bonds is 3. The van der Waals surface area contributed by atoms with Gasteiger partial charge in [-0.15, -0.1) is 0 Å². The fourth-order valence-electron chi connectivity index (χ4n) is 2.30. The van der Waals surface area contributed by atoms with Gasteiger partial charge in [-0.25, -0.2) is 0 Å². The molecule has 0 N–H and O–H groups in total. The van der Waals surface area contributed by atoms with Crippen LogP contribution in [-0.4, -0.2) is 0 Å². The summed E-state index contributed by atoms with van der Waals surface area (Å²) < 4.78 is 0. The Morgan fingerprint density at radius 3 is 2.73 bits per heavy atom. The minimum absolute atomic E-state index is 0.522. The summed E-state index contributed by atoms with van der Waals surface area (Å²) in [6, 6.07) is 7.04. The molecule has 0 saturated carbocycles. The van der Waals surface area contributed by atoms with Crippen LogP contribution < -0.4 is 0 Å². The third kappa shape index (κ3) is 2.28. The molecule has 1 aliphatic carbocycles. The van der Waals surface area contributed by atoms with Gasteiger partial charge in [0, 0.05) is 4.83 Å². The monoisotopic (exact) mass is 266 g/mol. The van der Waals surface area contributed by atoms with Crippen molar-refractivity contribution in [3.8, 4) is 0 Å². The molecule has 0 heterocycles. The van der Waals surface area contributed by atoms with E-state index in [-0.39, 0.29) is 0 Å². The predicted octanol–water partition coefficient (Wildman–Crippen LogP) is 4.66. The highest BCUT2D eigenvalue weighted by Crippen LogP contribution is 2.35. The van der Waals surface area contributed by atoms with Crippen LogP contribution in [0.4, 0.5) is 0 Å². The molecule has 0 amide bonds. The van der Waals surface area contributed by atoms with E-state index in [1.165, 1.54) is 31.2 Å². The number of benzene rings is 1. The Bertz CT molecular complexity index is 343. The van der Waals surface area contributed by atoms with Gasteiger partial charge in [0.15, 0.2) is 0 Å². The summed E-state index contributed by atoms with van der Waals surface area (Å²) in [5.41, 5.74) is 4.62. The predicted molar refractivity (Wildman–Crippen MR) is 69.6 cm³/mol. The van der Waals surface area contributed by atoms with Crippen LogP contribution in [0.5, 0.6) is 0 Å². The van der Waals surface area contributed by atoms with Crippen LogP contribution in [0.15, 0.2) is 18.2 Å². The van der Waals surface area contributed by atoms with E-state index >= 15 is 0 Å². The minimum atomic E-state index is 0.522. The van der Waals surface area contributed by atoms with Gasteiger partial charge in [-0.05, 0) is 41.9 Å². The number of hydrogen-bond donors (Lipinski definition) is 0. The highest BCUT2D eigenvalue weighted by atomic mass is 79.9. The van der Waals surface area contributed by atoms with E-state index in [4.69, 9.17) is 0 Å². The molecule has 0 spiro atoms. The van der Waals surface area contributed by atoms with Gasteiger partial charge in [-0.1, -0.05) is 54.4 Å². The van der Waals surface area contributed by atoms with Gasteiger partial charge in [-0.2, -0.15) is 0 Å². The van der Waals surface area contributed by atoms with Crippen LogP contribution in [-0.2, 0) is 12.8 Å². The normalized spacial score (nSPS) is 18.6. The van der Waals surface area contributed by atoms with Gasteiger partial charge < -0.3 is 0 Å². The minimum Gasteiger partial charge on any atom is -0.0836 e. The molecular weight excluding hydrogens is 248 g/mol. The van der Waals surface area contributed by atoms with Gasteiger partial charge in [0.1, 0.15) is 0 Å². The van der Waals surface area contributed by atoms with Crippen LogP contribution in [0.1, 0.15) is 48.2 Å². The summed E-state index contributed by atoms with van der Waals surface area (Å²) in [4.78, 5) is 0.522. The molecule has 2 rings (SSSR count). The fraction of sp³-hybridized carbons (Fsp3) is 0.571. The summed E-state index contributed by atoms with van der Waals surface area (Å²) in [6.45, 7) is 4.57. The van der Waals surface area contributed by atoms with Crippen LogP contribution in [0, 0.1) is 5.92 Å². The molecule has 1 heteroatoms. The average molecular weight is 267 g/mol. The van der Waals surface area contributed by atoms with Crippen molar-refractivity contribution < 1.29 is 0 Å². The highest BCUT2D eigenvalue weighted by Gasteiger charge is 2.17. The van der Waals surface area contributed by atoms with Crippen molar-refractivity contribution in [2.75, 3.05) is 0 Å². The van der Waals surface area contributed by atoms with E-state index in [2.05, 4.69) is 48.0 Å². The maximum Gasteiger partial charge on any atom is 0.0420 e. The second-order valence-electron chi connectivity index (χ2n) is 4.67. The summed E-state index contributed by atoms with van der Waals surface area (Å²) in [6.07, 6.45) is 5.14. The summed E-state index contributed by atoms with van der Waals surface area (Å²) in [5.74, 6) is 0.712. The number of fused-ring (bicyclic) bond motifs is 1. The second-order valence-corrected chi connectivity index (χ2v) is 5.66. The Hall–Kier alpha value is -0.300. The average Bonchev–Trinajstić information content (AvgIpc) is 2.73. The molecule has 0 radical (unpaired) electrons. The van der Waals surface area contributed by atoms with Crippen molar-refractivity contribution in [3.63, 3.8) is 0 Å². The summed E-state index contributed by atoms with van der Waals surface area (Å²) >= 11 is 3.82. The molecule has 0 saturated heterocycles. The third-order valence-electron chi connectivity index (χ3n) is 3.58. The number of hydrogen-bond acceptors (Lipinski definition) is 0. The van der Waals surface area contributed by atoms with E-state index in [1.807, 2.05) is 0 Å². The van der Waals surface area contributed by atoms with Crippen molar-refractivity contribution in [1.29, 1.82) is 0 Å². The SMILES string of the molecule is CCC(C)C(Br)c1ccc2c(c1)CCC2. The van der Waals surface area contributed by atoms with Crippen LogP contribution in [0.3, 0.4) is 0 Å². The fourth-order valence-corrected chi connectivity index (χ4v) is 2.96. The second kappa shape index (κ2) is 4.69. The standard InChI is InChI=1S/C14H19Br/c1-3-10(2)14(15)13-8-7-11-5-4-6-12(11)9-13/h7-10,14H,3-6H2,1-2H3. The highest BCUT2D eigenvalue weighted by molar-refractivity contribution is 9.09. The molecule has 1 aromatic carbocycles. The van der Waals surface area contributed by atoms with Gasteiger partial charge in [-0.3, -0.25) is 0 Å². The topological polar surface area (TPSA) is 0 Å². The molecule has 0 fully saturated rings. The quantitative estimate of drug-likeness (QED) is 0.699. The van der Waals surface area contributed by atoms with Gasteiger partial charge in [0.2, 0.25) is 0 Å². The summed E-state index contributed by atoms with van der Waals surface area (Å²) in [5, 5.41) is 0. The lowest BCUT2D eigenvalue weighted by Crippen LogP contribution is -2.02. The zero-order chi connectivity index (χ0) is 10.8. The molecule has 0 bridgehead atoms. The molecule has 2 atom stereocenters. The maximum atomic E-state index is 3.82. The van der Waals surface area contributed by atoms with Gasteiger partial charge in [0.05, 0.1) is 0 Å². The van der Waals surface area contributed by atoms with Crippen LogP contribution in [0.25, 0.3) is 0 Å². The lowest BCUT2D eigenvalue weighted by atomic mass is 9.96. The number of alkyl halides is 1. The lowest BCUT2D eigenvalue weighted by Gasteiger charge is -2.17. The Morgan fingerprint density at radius 1 is 1.27 bits per heavy atom. The first kappa shape index (κ1) is 11.2. The zero-order valence-corrected chi connectivity index (χ0v) is 11.2. The van der Waals surface area contributed by atoms with Crippen LogP contribution >= 0.6 is 15.9 Å². The van der Waals surface area contributed by atoms with E-state index in [0.717, 1.165) is 0 Å². The molecule has 0 aliphatic heterocycles. The Morgan fingerprint density at radius 2 is 2.00 bits per heavy atom. The van der Waals surface area contributed by atoms with E-state index in [0.29, 0.717) is 10.7 Å². The Balaban J connectivity index is 2.22. The molecule has 1 aliphatic rings. The van der Waals surface area contributed by atoms with Crippen molar-refractivity contribution >= 4 is 15.9 Å². The molecular formula is C14H19Br. The molecule has 1 aromatic rings. The molecule has 0 nitrogen and oxygen atoms in total. The first-order valence-corrected chi connectivity index (χ1v) is 6.89. The number of halogens is 1. The Kier molecular flexibility index (Phi) is 3.50. The number of aryl methyl sites for hydroxylation is 2. The smallest absolute Gasteiger partial charge is 0.0420 e. The molecule has 0 aromatic heterocycles. The van der Waals surface area contributed by atoms with Gasteiger partial charge in [0.25, 0.3) is 0 Å². The lowest BCUT2D eigenvalue weighted by molar-refractivity contribution is 0.555.